The SMILES string of the molecule is CCCCCCCCCCNc1ccc2c3c(cccc13)C(=O)N(CCCC)C2=O. The van der Waals surface area contributed by atoms with Crippen molar-refractivity contribution < 1.29 is 9.59 Å². The van der Waals surface area contributed by atoms with Gasteiger partial charge in [-0.3, -0.25) is 14.5 Å². The quantitative estimate of drug-likeness (QED) is 0.293. The topological polar surface area (TPSA) is 49.4 Å². The van der Waals surface area contributed by atoms with Crippen LogP contribution in [0.15, 0.2) is 30.3 Å². The number of hydrogen-bond donors (Lipinski definition) is 1. The minimum atomic E-state index is -0.160. The van der Waals surface area contributed by atoms with E-state index in [1.165, 1.54) is 49.8 Å². The lowest BCUT2D eigenvalue weighted by atomic mass is 9.93. The second-order valence-corrected chi connectivity index (χ2v) is 8.41. The van der Waals surface area contributed by atoms with Gasteiger partial charge in [-0.25, -0.2) is 0 Å². The second-order valence-electron chi connectivity index (χ2n) is 8.41. The van der Waals surface area contributed by atoms with E-state index < -0.39 is 0 Å². The van der Waals surface area contributed by atoms with Crippen LogP contribution >= 0.6 is 0 Å². The van der Waals surface area contributed by atoms with Gasteiger partial charge in [0.2, 0.25) is 0 Å². The minimum absolute atomic E-state index is 0.160. The van der Waals surface area contributed by atoms with E-state index in [2.05, 4.69) is 19.2 Å². The van der Waals surface area contributed by atoms with E-state index in [0.717, 1.165) is 42.3 Å². The molecular formula is C26H36N2O2. The van der Waals surface area contributed by atoms with E-state index in [-0.39, 0.29) is 11.8 Å². The fourth-order valence-electron chi connectivity index (χ4n) is 4.30. The average Bonchev–Trinajstić information content (AvgIpc) is 2.76. The number of nitrogens with zero attached hydrogens (tertiary/aromatic N) is 1. The van der Waals surface area contributed by atoms with Crippen molar-refractivity contribution in [3.05, 3.63) is 41.5 Å². The summed E-state index contributed by atoms with van der Waals surface area (Å²) >= 11 is 0. The van der Waals surface area contributed by atoms with Gasteiger partial charge >= 0.3 is 0 Å². The molecule has 0 aliphatic carbocycles. The van der Waals surface area contributed by atoms with Gasteiger partial charge in [0.1, 0.15) is 0 Å². The zero-order valence-corrected chi connectivity index (χ0v) is 18.6. The fourth-order valence-corrected chi connectivity index (χ4v) is 4.30. The van der Waals surface area contributed by atoms with Crippen molar-refractivity contribution in [2.24, 2.45) is 0 Å². The van der Waals surface area contributed by atoms with Crippen molar-refractivity contribution in [1.82, 2.24) is 4.90 Å². The number of carbonyl (C=O) groups excluding carboxylic acids is 2. The molecule has 162 valence electrons. The van der Waals surface area contributed by atoms with Gasteiger partial charge in [-0.1, -0.05) is 77.3 Å². The van der Waals surface area contributed by atoms with Gasteiger partial charge in [0.05, 0.1) is 0 Å². The van der Waals surface area contributed by atoms with Gasteiger partial charge in [-0.2, -0.15) is 0 Å². The van der Waals surface area contributed by atoms with Crippen molar-refractivity contribution in [1.29, 1.82) is 0 Å². The monoisotopic (exact) mass is 408 g/mol. The number of benzene rings is 2. The molecule has 0 atom stereocenters. The molecule has 1 aliphatic rings. The predicted molar refractivity (Wildman–Crippen MR) is 125 cm³/mol. The molecule has 0 bridgehead atoms. The highest BCUT2D eigenvalue weighted by molar-refractivity contribution is 6.26. The van der Waals surface area contributed by atoms with Crippen molar-refractivity contribution in [3.63, 3.8) is 0 Å². The Morgan fingerprint density at radius 3 is 2.07 bits per heavy atom. The number of unbranched alkanes of at least 4 members (excludes halogenated alkanes) is 8. The molecule has 0 radical (unpaired) electrons. The Morgan fingerprint density at radius 1 is 0.733 bits per heavy atom. The summed E-state index contributed by atoms with van der Waals surface area (Å²) in [5, 5.41) is 5.32. The molecule has 4 nitrogen and oxygen atoms in total. The Kier molecular flexibility index (Phi) is 8.30. The van der Waals surface area contributed by atoms with Gasteiger partial charge in [-0.15, -0.1) is 0 Å². The number of hydrogen-bond acceptors (Lipinski definition) is 3. The van der Waals surface area contributed by atoms with Crippen LogP contribution in [0.4, 0.5) is 5.69 Å². The lowest BCUT2D eigenvalue weighted by Gasteiger charge is -2.27. The molecule has 2 aromatic rings. The molecule has 4 heteroatoms. The normalized spacial score (nSPS) is 13.3. The van der Waals surface area contributed by atoms with Crippen LogP contribution < -0.4 is 5.32 Å². The summed E-state index contributed by atoms with van der Waals surface area (Å²) in [6.45, 7) is 5.72. The number of imide groups is 1. The third kappa shape index (κ3) is 5.03. The highest BCUT2D eigenvalue weighted by Crippen LogP contribution is 2.34. The fraction of sp³-hybridized carbons (Fsp3) is 0.538. The molecule has 1 heterocycles. The Labute approximate surface area is 181 Å². The third-order valence-corrected chi connectivity index (χ3v) is 6.07. The predicted octanol–water partition coefficient (Wildman–Crippen LogP) is 6.79. The van der Waals surface area contributed by atoms with Gasteiger partial charge in [0, 0.05) is 40.7 Å². The highest BCUT2D eigenvalue weighted by Gasteiger charge is 2.32. The molecular weight excluding hydrogens is 372 g/mol. The standard InChI is InChI=1S/C26H36N2O2/c1-3-5-7-8-9-10-11-12-18-27-23-17-16-22-24-20(23)14-13-15-21(24)25(29)28(26(22)30)19-6-4-2/h13-17,27H,3-12,18-19H2,1-2H3. The molecule has 0 spiro atoms. The molecule has 1 aliphatic heterocycles. The van der Waals surface area contributed by atoms with Crippen molar-refractivity contribution in [3.8, 4) is 0 Å². The maximum atomic E-state index is 12.9. The van der Waals surface area contributed by atoms with E-state index in [1.807, 2.05) is 30.3 Å². The molecule has 1 N–H and O–H groups in total. The molecule has 0 aromatic heterocycles. The summed E-state index contributed by atoms with van der Waals surface area (Å²) in [5.74, 6) is -0.321. The Balaban J connectivity index is 1.64. The van der Waals surface area contributed by atoms with Crippen LogP contribution in [0, 0.1) is 0 Å². The van der Waals surface area contributed by atoms with Crippen LogP contribution in [0.5, 0.6) is 0 Å². The van der Waals surface area contributed by atoms with E-state index in [9.17, 15) is 9.59 Å². The summed E-state index contributed by atoms with van der Waals surface area (Å²) in [6.07, 6.45) is 12.2. The molecule has 0 saturated heterocycles. The van der Waals surface area contributed by atoms with E-state index in [4.69, 9.17) is 0 Å². The Morgan fingerprint density at radius 2 is 1.37 bits per heavy atom. The van der Waals surface area contributed by atoms with Crippen LogP contribution in [0.1, 0.15) is 98.8 Å². The number of anilines is 1. The van der Waals surface area contributed by atoms with E-state index in [0.29, 0.717) is 17.7 Å². The lowest BCUT2D eigenvalue weighted by Crippen LogP contribution is -2.40. The first-order valence-electron chi connectivity index (χ1n) is 11.8. The largest absolute Gasteiger partial charge is 0.385 e. The number of carbonyl (C=O) groups is 2. The molecule has 0 saturated carbocycles. The number of nitrogens with one attached hydrogen (secondary N) is 1. The summed E-state index contributed by atoms with van der Waals surface area (Å²) < 4.78 is 0. The summed E-state index contributed by atoms with van der Waals surface area (Å²) in [6, 6.07) is 9.67. The summed E-state index contributed by atoms with van der Waals surface area (Å²) in [7, 11) is 0. The van der Waals surface area contributed by atoms with Gasteiger partial charge in [0.25, 0.3) is 11.8 Å². The Hall–Kier alpha value is -2.36. The van der Waals surface area contributed by atoms with Crippen LogP contribution in [0.25, 0.3) is 10.8 Å². The molecule has 3 rings (SSSR count). The number of rotatable bonds is 13. The lowest BCUT2D eigenvalue weighted by molar-refractivity contribution is 0.0608. The first-order chi connectivity index (χ1) is 14.7. The molecule has 0 unspecified atom stereocenters. The third-order valence-electron chi connectivity index (χ3n) is 6.07. The zero-order valence-electron chi connectivity index (χ0n) is 18.6. The molecule has 30 heavy (non-hydrogen) atoms. The first-order valence-corrected chi connectivity index (χ1v) is 11.8. The van der Waals surface area contributed by atoms with Crippen LogP contribution in [0.2, 0.25) is 0 Å². The second kappa shape index (κ2) is 11.1. The first kappa shape index (κ1) is 22.3. The average molecular weight is 409 g/mol. The number of amides is 2. The van der Waals surface area contributed by atoms with E-state index in [1.54, 1.807) is 0 Å². The molecule has 0 fully saturated rings. The highest BCUT2D eigenvalue weighted by atomic mass is 16.2. The molecule has 2 amide bonds. The zero-order chi connectivity index (χ0) is 21.3. The smallest absolute Gasteiger partial charge is 0.261 e. The van der Waals surface area contributed by atoms with Gasteiger partial charge < -0.3 is 5.32 Å². The van der Waals surface area contributed by atoms with Crippen LogP contribution in [0.3, 0.4) is 0 Å². The maximum Gasteiger partial charge on any atom is 0.261 e. The van der Waals surface area contributed by atoms with Crippen molar-refractivity contribution in [2.45, 2.75) is 78.1 Å². The Bertz CT molecular complexity index is 852. The summed E-state index contributed by atoms with van der Waals surface area (Å²) in [5.41, 5.74) is 2.31. The van der Waals surface area contributed by atoms with Gasteiger partial charge in [0.15, 0.2) is 0 Å². The van der Waals surface area contributed by atoms with E-state index >= 15 is 0 Å². The van der Waals surface area contributed by atoms with Crippen molar-refractivity contribution >= 4 is 28.3 Å². The van der Waals surface area contributed by atoms with Crippen molar-refractivity contribution in [2.75, 3.05) is 18.4 Å². The van der Waals surface area contributed by atoms with Crippen LogP contribution in [-0.4, -0.2) is 29.8 Å². The van der Waals surface area contributed by atoms with Crippen LogP contribution in [-0.2, 0) is 0 Å². The minimum Gasteiger partial charge on any atom is -0.385 e. The van der Waals surface area contributed by atoms with Gasteiger partial charge in [-0.05, 0) is 31.0 Å². The summed E-state index contributed by atoms with van der Waals surface area (Å²) in [4.78, 5) is 27.3. The maximum absolute atomic E-state index is 12.9. The molecule has 2 aromatic carbocycles.